The van der Waals surface area contributed by atoms with Crippen LogP contribution in [0, 0.1) is 0 Å². The molecule has 6 nitrogen and oxygen atoms in total. The molecule has 1 aromatic carbocycles. The Kier molecular flexibility index (Phi) is 5.03. The van der Waals surface area contributed by atoms with Gasteiger partial charge in [0.15, 0.2) is 5.69 Å². The van der Waals surface area contributed by atoms with Gasteiger partial charge in [-0.2, -0.15) is 5.10 Å². The zero-order valence-electron chi connectivity index (χ0n) is 12.2. The van der Waals surface area contributed by atoms with Crippen molar-refractivity contribution >= 4 is 57.3 Å². The Labute approximate surface area is 151 Å². The normalized spacial score (nSPS) is 10.8. The lowest BCUT2D eigenvalue weighted by atomic mass is 10.2. The highest BCUT2D eigenvalue weighted by molar-refractivity contribution is 7.20. The maximum Gasteiger partial charge on any atom is 0.272 e. The van der Waals surface area contributed by atoms with Crippen molar-refractivity contribution in [1.29, 1.82) is 0 Å². The Balaban J connectivity index is 1.52. The summed E-state index contributed by atoms with van der Waals surface area (Å²) in [4.78, 5) is 24.1. The first-order valence-corrected chi connectivity index (χ1v) is 8.58. The summed E-state index contributed by atoms with van der Waals surface area (Å²) >= 11 is 12.9. The van der Waals surface area contributed by atoms with Crippen molar-refractivity contribution in [2.45, 2.75) is 0 Å². The molecule has 0 bridgehead atoms. The van der Waals surface area contributed by atoms with Crippen molar-refractivity contribution in [3.63, 3.8) is 0 Å². The minimum atomic E-state index is -0.331. The number of thiophene rings is 1. The summed E-state index contributed by atoms with van der Waals surface area (Å²) in [5, 5.41) is 12.9. The minimum Gasteiger partial charge on any atom is -0.350 e. The molecule has 0 aliphatic heterocycles. The van der Waals surface area contributed by atoms with Gasteiger partial charge in [-0.3, -0.25) is 14.7 Å². The van der Waals surface area contributed by atoms with Crippen molar-refractivity contribution in [1.82, 2.24) is 20.8 Å². The third-order valence-electron chi connectivity index (χ3n) is 3.28. The molecular formula is C15H12Cl2N4O2S. The number of nitrogens with one attached hydrogen (secondary N) is 3. The highest BCUT2D eigenvalue weighted by atomic mass is 35.5. The van der Waals surface area contributed by atoms with E-state index in [2.05, 4.69) is 20.8 Å². The highest BCUT2D eigenvalue weighted by Gasteiger charge is 2.15. The number of aromatic nitrogens is 2. The second-order valence-electron chi connectivity index (χ2n) is 4.87. The molecule has 0 aliphatic rings. The molecule has 3 N–H and O–H groups in total. The van der Waals surface area contributed by atoms with Gasteiger partial charge in [0.25, 0.3) is 11.8 Å². The predicted octanol–water partition coefficient (Wildman–Crippen LogP) is 3.09. The van der Waals surface area contributed by atoms with Crippen LogP contribution < -0.4 is 10.6 Å². The topological polar surface area (TPSA) is 86.9 Å². The Hall–Kier alpha value is -2.09. The second kappa shape index (κ2) is 7.21. The number of carbonyl (C=O) groups excluding carboxylic acids is 2. The van der Waals surface area contributed by atoms with Crippen LogP contribution in [0.2, 0.25) is 8.67 Å². The number of aromatic amines is 1. The zero-order valence-corrected chi connectivity index (χ0v) is 14.6. The standard InChI is InChI=1S/C15H12Cl2N4O2S/c16-11-7-9(13(17)24-11)14(22)18-5-6-19-15(23)12-8-3-1-2-4-10(8)20-21-12/h1-4,7H,5-6H2,(H,18,22)(H,19,23)(H,20,21). The molecule has 0 radical (unpaired) electrons. The predicted molar refractivity (Wildman–Crippen MR) is 95.1 cm³/mol. The average Bonchev–Trinajstić information content (AvgIpc) is 3.14. The summed E-state index contributed by atoms with van der Waals surface area (Å²) in [6.45, 7) is 0.526. The van der Waals surface area contributed by atoms with Crippen LogP contribution in [0.1, 0.15) is 20.8 Å². The van der Waals surface area contributed by atoms with E-state index in [1.54, 1.807) is 0 Å². The lowest BCUT2D eigenvalue weighted by Crippen LogP contribution is -2.34. The molecule has 2 aromatic heterocycles. The summed E-state index contributed by atoms with van der Waals surface area (Å²) in [5.74, 6) is -0.638. The Bertz CT molecular complexity index is 906. The number of hydrogen-bond donors (Lipinski definition) is 3. The van der Waals surface area contributed by atoms with Gasteiger partial charge in [-0.05, 0) is 12.1 Å². The molecule has 0 saturated carbocycles. The number of hydrogen-bond acceptors (Lipinski definition) is 4. The molecule has 2 amide bonds. The van der Waals surface area contributed by atoms with E-state index in [0.717, 1.165) is 22.2 Å². The van der Waals surface area contributed by atoms with Crippen molar-refractivity contribution in [3.8, 4) is 0 Å². The summed E-state index contributed by atoms with van der Waals surface area (Å²) in [7, 11) is 0. The maximum absolute atomic E-state index is 12.1. The molecular weight excluding hydrogens is 371 g/mol. The van der Waals surface area contributed by atoms with Gasteiger partial charge in [-0.15, -0.1) is 11.3 Å². The monoisotopic (exact) mass is 382 g/mol. The van der Waals surface area contributed by atoms with Gasteiger partial charge in [0, 0.05) is 18.5 Å². The summed E-state index contributed by atoms with van der Waals surface area (Å²) < 4.78 is 0.786. The molecule has 0 atom stereocenters. The molecule has 2 heterocycles. The van der Waals surface area contributed by atoms with Crippen LogP contribution in [-0.4, -0.2) is 35.1 Å². The molecule has 124 valence electrons. The minimum absolute atomic E-state index is 0.261. The zero-order chi connectivity index (χ0) is 17.1. The van der Waals surface area contributed by atoms with Gasteiger partial charge < -0.3 is 10.6 Å². The Morgan fingerprint density at radius 1 is 1.12 bits per heavy atom. The van der Waals surface area contributed by atoms with E-state index in [4.69, 9.17) is 23.2 Å². The number of rotatable bonds is 5. The second-order valence-corrected chi connectivity index (χ2v) is 7.15. The number of benzene rings is 1. The first-order valence-electron chi connectivity index (χ1n) is 7.00. The maximum atomic E-state index is 12.1. The fraction of sp³-hybridized carbons (Fsp3) is 0.133. The van der Waals surface area contributed by atoms with Crippen molar-refractivity contribution in [2.75, 3.05) is 13.1 Å². The van der Waals surface area contributed by atoms with Gasteiger partial charge in [0.1, 0.15) is 4.34 Å². The molecule has 0 unspecified atom stereocenters. The van der Waals surface area contributed by atoms with Crippen molar-refractivity contribution < 1.29 is 9.59 Å². The molecule has 0 saturated heterocycles. The summed E-state index contributed by atoms with van der Waals surface area (Å²) in [6, 6.07) is 8.87. The van der Waals surface area contributed by atoms with E-state index >= 15 is 0 Å². The van der Waals surface area contributed by atoms with E-state index < -0.39 is 0 Å². The quantitative estimate of drug-likeness (QED) is 0.592. The Morgan fingerprint density at radius 3 is 2.54 bits per heavy atom. The van der Waals surface area contributed by atoms with Crippen LogP contribution in [0.5, 0.6) is 0 Å². The van der Waals surface area contributed by atoms with Gasteiger partial charge in [0.05, 0.1) is 15.4 Å². The number of H-pyrrole nitrogens is 1. The highest BCUT2D eigenvalue weighted by Crippen LogP contribution is 2.30. The fourth-order valence-corrected chi connectivity index (χ4v) is 3.62. The Morgan fingerprint density at radius 2 is 1.83 bits per heavy atom. The first-order chi connectivity index (χ1) is 11.6. The largest absolute Gasteiger partial charge is 0.350 e. The van der Waals surface area contributed by atoms with Crippen molar-refractivity contribution in [3.05, 3.63) is 50.3 Å². The lowest BCUT2D eigenvalue weighted by molar-refractivity contribution is 0.0926. The number of halogens is 2. The van der Waals surface area contributed by atoms with Crippen LogP contribution in [0.15, 0.2) is 30.3 Å². The van der Waals surface area contributed by atoms with Crippen LogP contribution >= 0.6 is 34.5 Å². The molecule has 9 heteroatoms. The van der Waals surface area contributed by atoms with Gasteiger partial charge in [-0.25, -0.2) is 0 Å². The van der Waals surface area contributed by atoms with E-state index in [0.29, 0.717) is 19.9 Å². The lowest BCUT2D eigenvalue weighted by Gasteiger charge is -2.05. The average molecular weight is 383 g/mol. The van der Waals surface area contributed by atoms with Crippen LogP contribution in [-0.2, 0) is 0 Å². The molecule has 24 heavy (non-hydrogen) atoms. The summed E-state index contributed by atoms with van der Waals surface area (Å²) in [5.41, 5.74) is 1.45. The van der Waals surface area contributed by atoms with Gasteiger partial charge in [-0.1, -0.05) is 41.4 Å². The number of nitrogens with zero attached hydrogens (tertiary/aromatic N) is 1. The number of fused-ring (bicyclic) bond motifs is 1. The van der Waals surface area contributed by atoms with Gasteiger partial charge >= 0.3 is 0 Å². The molecule has 0 spiro atoms. The molecule has 0 fully saturated rings. The number of para-hydroxylation sites is 1. The van der Waals surface area contributed by atoms with E-state index in [1.165, 1.54) is 6.07 Å². The molecule has 3 aromatic rings. The van der Waals surface area contributed by atoms with Crippen LogP contribution in [0.4, 0.5) is 0 Å². The SMILES string of the molecule is O=C(NCCNC(=O)c1n[nH]c2ccccc12)c1cc(Cl)sc1Cl. The van der Waals surface area contributed by atoms with E-state index in [1.807, 2.05) is 24.3 Å². The van der Waals surface area contributed by atoms with E-state index in [-0.39, 0.29) is 24.9 Å². The molecule has 3 rings (SSSR count). The number of carbonyl (C=O) groups is 2. The first kappa shape index (κ1) is 16.8. The van der Waals surface area contributed by atoms with Crippen LogP contribution in [0.3, 0.4) is 0 Å². The van der Waals surface area contributed by atoms with Crippen molar-refractivity contribution in [2.24, 2.45) is 0 Å². The van der Waals surface area contributed by atoms with E-state index in [9.17, 15) is 9.59 Å². The fourth-order valence-electron chi connectivity index (χ4n) is 2.16. The third kappa shape index (κ3) is 3.53. The van der Waals surface area contributed by atoms with Gasteiger partial charge in [0.2, 0.25) is 0 Å². The smallest absolute Gasteiger partial charge is 0.272 e. The third-order valence-corrected chi connectivity index (χ3v) is 4.77. The number of amides is 2. The summed E-state index contributed by atoms with van der Waals surface area (Å²) in [6.07, 6.45) is 0. The van der Waals surface area contributed by atoms with Crippen LogP contribution in [0.25, 0.3) is 10.9 Å². The molecule has 0 aliphatic carbocycles.